The topological polar surface area (TPSA) is 46.5 Å². The molecule has 3 nitrogen and oxygen atoms in total. The summed E-state index contributed by atoms with van der Waals surface area (Å²) in [4.78, 5) is 10.3. The number of aldehydes is 1. The number of carbonyl (C=O) groups is 1. The van der Waals surface area contributed by atoms with Gasteiger partial charge in [-0.25, -0.2) is 0 Å². The Hall–Kier alpha value is -1.77. The first kappa shape index (κ1) is 9.32. The highest BCUT2D eigenvalue weighted by Gasteiger charge is 2.01. The smallest absolute Gasteiger partial charge is 0.161 e. The van der Waals surface area contributed by atoms with Gasteiger partial charge in [0.2, 0.25) is 0 Å². The fraction of sp³-hybridized carbons (Fsp3) is 0.100. The van der Waals surface area contributed by atoms with Crippen LogP contribution >= 0.6 is 0 Å². The Morgan fingerprint density at radius 3 is 2.85 bits per heavy atom. The molecule has 0 spiro atoms. The Balaban J connectivity index is 2.84. The number of hydrogen-bond acceptors (Lipinski definition) is 3. The van der Waals surface area contributed by atoms with Crippen LogP contribution in [0.5, 0.6) is 11.5 Å². The lowest BCUT2D eigenvalue weighted by atomic mass is 10.2. The lowest BCUT2D eigenvalue weighted by Gasteiger charge is -2.05. The minimum atomic E-state index is -0.0357. The fourth-order valence-electron chi connectivity index (χ4n) is 0.878. The van der Waals surface area contributed by atoms with Crippen molar-refractivity contribution in [1.29, 1.82) is 0 Å². The van der Waals surface area contributed by atoms with Crippen molar-refractivity contribution in [2.45, 2.75) is 0 Å². The Morgan fingerprint density at radius 1 is 1.54 bits per heavy atom. The number of phenolic OH excluding ortho intramolecular Hbond substituents is 1. The van der Waals surface area contributed by atoms with Gasteiger partial charge >= 0.3 is 0 Å². The number of carbonyl (C=O) groups excluding carboxylic acids is 1. The van der Waals surface area contributed by atoms with Crippen LogP contribution in [0.1, 0.15) is 10.4 Å². The van der Waals surface area contributed by atoms with Gasteiger partial charge in [-0.3, -0.25) is 4.79 Å². The van der Waals surface area contributed by atoms with E-state index in [0.717, 1.165) is 0 Å². The van der Waals surface area contributed by atoms with Crippen LogP contribution in [0.25, 0.3) is 0 Å². The van der Waals surface area contributed by atoms with Crippen LogP contribution in [-0.2, 0) is 0 Å². The summed E-state index contributed by atoms with van der Waals surface area (Å²) in [7, 11) is 0. The highest BCUT2D eigenvalue weighted by atomic mass is 16.5. The van der Waals surface area contributed by atoms with Gasteiger partial charge in [0.15, 0.2) is 11.5 Å². The predicted octanol–water partition coefficient (Wildman–Crippen LogP) is 1.77. The van der Waals surface area contributed by atoms with Gasteiger partial charge in [0.1, 0.15) is 12.9 Å². The number of benzene rings is 1. The van der Waals surface area contributed by atoms with Gasteiger partial charge < -0.3 is 9.84 Å². The standard InChI is InChI=1S/C10H10O3/c1-2-5-13-10-4-3-8(7-11)6-9(10)12/h2-4,6-7,12H,1,5H2. The summed E-state index contributed by atoms with van der Waals surface area (Å²) in [6, 6.07) is 4.47. The highest BCUT2D eigenvalue weighted by molar-refractivity contribution is 5.76. The molecule has 0 aromatic heterocycles. The quantitative estimate of drug-likeness (QED) is 0.564. The van der Waals surface area contributed by atoms with Gasteiger partial charge in [-0.15, -0.1) is 0 Å². The number of ether oxygens (including phenoxy) is 1. The van der Waals surface area contributed by atoms with E-state index in [4.69, 9.17) is 4.74 Å². The Bertz CT molecular complexity index is 318. The second-order valence-electron chi connectivity index (χ2n) is 2.44. The van der Waals surface area contributed by atoms with E-state index in [1.807, 2.05) is 0 Å². The van der Waals surface area contributed by atoms with Crippen LogP contribution < -0.4 is 4.74 Å². The van der Waals surface area contributed by atoms with E-state index in [0.29, 0.717) is 24.2 Å². The molecule has 0 aliphatic heterocycles. The van der Waals surface area contributed by atoms with Crippen LogP contribution in [0.3, 0.4) is 0 Å². The van der Waals surface area contributed by atoms with Gasteiger partial charge in [-0.2, -0.15) is 0 Å². The average Bonchev–Trinajstić information content (AvgIpc) is 2.16. The van der Waals surface area contributed by atoms with E-state index in [1.54, 1.807) is 18.2 Å². The van der Waals surface area contributed by atoms with Crippen molar-refractivity contribution >= 4 is 6.29 Å². The number of hydrogen-bond donors (Lipinski definition) is 1. The minimum absolute atomic E-state index is 0.0357. The fourth-order valence-corrected chi connectivity index (χ4v) is 0.878. The molecule has 1 aromatic carbocycles. The maximum atomic E-state index is 10.3. The van der Waals surface area contributed by atoms with E-state index >= 15 is 0 Å². The molecule has 0 bridgehead atoms. The van der Waals surface area contributed by atoms with Crippen LogP contribution in [0.4, 0.5) is 0 Å². The number of phenols is 1. The van der Waals surface area contributed by atoms with Gasteiger partial charge in [0, 0.05) is 5.56 Å². The zero-order valence-electron chi connectivity index (χ0n) is 7.06. The molecule has 0 saturated heterocycles. The summed E-state index contributed by atoms with van der Waals surface area (Å²) in [6.45, 7) is 3.80. The maximum Gasteiger partial charge on any atom is 0.161 e. The molecule has 0 aliphatic carbocycles. The molecular formula is C10H10O3. The molecule has 1 rings (SSSR count). The summed E-state index contributed by atoms with van der Waals surface area (Å²) >= 11 is 0. The van der Waals surface area contributed by atoms with Crippen LogP contribution in [0, 0.1) is 0 Å². The van der Waals surface area contributed by atoms with E-state index in [-0.39, 0.29) is 5.75 Å². The molecule has 0 saturated carbocycles. The van der Waals surface area contributed by atoms with Gasteiger partial charge in [0.05, 0.1) is 0 Å². The Labute approximate surface area is 76.3 Å². The van der Waals surface area contributed by atoms with Gasteiger partial charge in [-0.05, 0) is 18.2 Å². The first-order chi connectivity index (χ1) is 6.27. The average molecular weight is 178 g/mol. The van der Waals surface area contributed by atoms with Gasteiger partial charge in [-0.1, -0.05) is 12.7 Å². The SMILES string of the molecule is C=CCOc1ccc(C=O)cc1O. The molecule has 13 heavy (non-hydrogen) atoms. The monoisotopic (exact) mass is 178 g/mol. The molecule has 0 aliphatic rings. The molecule has 0 radical (unpaired) electrons. The third kappa shape index (κ3) is 2.33. The number of aromatic hydroxyl groups is 1. The van der Waals surface area contributed by atoms with Crippen LogP contribution in [0.2, 0.25) is 0 Å². The third-order valence-electron chi connectivity index (χ3n) is 1.48. The molecule has 68 valence electrons. The van der Waals surface area contributed by atoms with Crippen molar-refractivity contribution in [1.82, 2.24) is 0 Å². The molecule has 0 heterocycles. The van der Waals surface area contributed by atoms with E-state index in [2.05, 4.69) is 6.58 Å². The molecule has 0 fully saturated rings. The highest BCUT2D eigenvalue weighted by Crippen LogP contribution is 2.25. The predicted molar refractivity (Wildman–Crippen MR) is 49.2 cm³/mol. The maximum absolute atomic E-state index is 10.3. The zero-order valence-corrected chi connectivity index (χ0v) is 7.06. The second kappa shape index (κ2) is 4.30. The lowest BCUT2D eigenvalue weighted by Crippen LogP contribution is -1.93. The summed E-state index contributed by atoms with van der Waals surface area (Å²) < 4.78 is 5.10. The van der Waals surface area contributed by atoms with Crippen molar-refractivity contribution in [2.75, 3.05) is 6.61 Å². The first-order valence-corrected chi connectivity index (χ1v) is 3.80. The first-order valence-electron chi connectivity index (χ1n) is 3.80. The van der Waals surface area contributed by atoms with E-state index in [9.17, 15) is 9.90 Å². The summed E-state index contributed by atoms with van der Waals surface area (Å²) in [5.41, 5.74) is 0.420. The van der Waals surface area contributed by atoms with Gasteiger partial charge in [0.25, 0.3) is 0 Å². The summed E-state index contributed by atoms with van der Waals surface area (Å²) in [6.07, 6.45) is 2.24. The molecule has 0 amide bonds. The van der Waals surface area contributed by atoms with Crippen LogP contribution in [-0.4, -0.2) is 18.0 Å². The van der Waals surface area contributed by atoms with Crippen molar-refractivity contribution in [2.24, 2.45) is 0 Å². The zero-order chi connectivity index (χ0) is 9.68. The molecule has 3 heteroatoms. The van der Waals surface area contributed by atoms with Crippen LogP contribution in [0.15, 0.2) is 30.9 Å². The lowest BCUT2D eigenvalue weighted by molar-refractivity contribution is 0.112. The van der Waals surface area contributed by atoms with Crippen molar-refractivity contribution in [3.8, 4) is 11.5 Å². The Morgan fingerprint density at radius 2 is 2.31 bits per heavy atom. The molecular weight excluding hydrogens is 168 g/mol. The number of rotatable bonds is 4. The second-order valence-corrected chi connectivity index (χ2v) is 2.44. The molecule has 0 unspecified atom stereocenters. The Kier molecular flexibility index (Phi) is 3.09. The minimum Gasteiger partial charge on any atom is -0.504 e. The molecule has 1 N–H and O–H groups in total. The van der Waals surface area contributed by atoms with Crippen molar-refractivity contribution in [3.05, 3.63) is 36.4 Å². The summed E-state index contributed by atoms with van der Waals surface area (Å²) in [5.74, 6) is 0.317. The summed E-state index contributed by atoms with van der Waals surface area (Å²) in [5, 5.41) is 9.33. The van der Waals surface area contributed by atoms with E-state index in [1.165, 1.54) is 6.07 Å². The van der Waals surface area contributed by atoms with Crippen molar-refractivity contribution in [3.63, 3.8) is 0 Å². The van der Waals surface area contributed by atoms with Crippen molar-refractivity contribution < 1.29 is 14.6 Å². The van der Waals surface area contributed by atoms with E-state index < -0.39 is 0 Å². The molecule has 0 atom stereocenters. The molecule has 1 aromatic rings. The normalized spacial score (nSPS) is 9.23. The third-order valence-corrected chi connectivity index (χ3v) is 1.48. The largest absolute Gasteiger partial charge is 0.504 e.